The van der Waals surface area contributed by atoms with Crippen LogP contribution in [0.3, 0.4) is 0 Å². The number of hydrogen-bond donors (Lipinski definition) is 0. The van der Waals surface area contributed by atoms with Crippen molar-refractivity contribution in [3.05, 3.63) is 85.1 Å². The molecule has 0 saturated carbocycles. The van der Waals surface area contributed by atoms with E-state index in [1.807, 2.05) is 54.8 Å². The van der Waals surface area contributed by atoms with Gasteiger partial charge in [0.25, 0.3) is 0 Å². The lowest BCUT2D eigenvalue weighted by Crippen LogP contribution is -2.24. The third-order valence-corrected chi connectivity index (χ3v) is 3.09. The van der Waals surface area contributed by atoms with E-state index in [-0.39, 0.29) is 6.04 Å². The molecule has 3 rings (SSSR count). The predicted molar refractivity (Wildman–Crippen MR) is 74.5 cm³/mol. The Bertz CT molecular complexity index is 511. The summed E-state index contributed by atoms with van der Waals surface area (Å²) >= 11 is 0. The molecule has 0 saturated heterocycles. The Morgan fingerprint density at radius 1 is 1.00 bits per heavy atom. The summed E-state index contributed by atoms with van der Waals surface area (Å²) in [6.45, 7) is 3.27. The van der Waals surface area contributed by atoms with Crippen LogP contribution in [0.1, 0.15) is 17.3 Å². The molecule has 1 atom stereocenters. The van der Waals surface area contributed by atoms with Gasteiger partial charge >= 0.3 is 0 Å². The molecule has 2 radical (unpaired) electrons. The lowest BCUT2D eigenvalue weighted by molar-refractivity contribution is 0.327. The number of pyridine rings is 1. The van der Waals surface area contributed by atoms with Crippen molar-refractivity contribution in [2.24, 2.45) is 0 Å². The van der Waals surface area contributed by atoms with E-state index < -0.39 is 0 Å². The summed E-state index contributed by atoms with van der Waals surface area (Å²) < 4.78 is 0. The highest BCUT2D eigenvalue weighted by Gasteiger charge is 2.25. The molecule has 1 aromatic heterocycles. The minimum Gasteiger partial charge on any atom is -0.349 e. The zero-order valence-electron chi connectivity index (χ0n) is 10.8. The van der Waals surface area contributed by atoms with E-state index in [0.29, 0.717) is 0 Å². The maximum Gasteiger partial charge on any atom is 0.208 e. The molecule has 0 N–H and O–H groups in total. The minimum absolute atomic E-state index is 0.0589. The maximum atomic E-state index is 4.49. The number of aromatic nitrogens is 1. The Labute approximate surface area is 113 Å². The Morgan fingerprint density at radius 2 is 1.79 bits per heavy atom. The molecule has 2 aromatic rings. The van der Waals surface area contributed by atoms with E-state index in [9.17, 15) is 0 Å². The molecule has 3 nitrogen and oxygen atoms in total. The number of benzene rings is 1. The molecule has 0 bridgehead atoms. The van der Waals surface area contributed by atoms with Crippen molar-refractivity contribution in [1.82, 2.24) is 14.8 Å². The highest BCUT2D eigenvalue weighted by atomic mass is 15.3. The van der Waals surface area contributed by atoms with Gasteiger partial charge in [0.05, 0.1) is 11.7 Å². The van der Waals surface area contributed by atoms with E-state index >= 15 is 0 Å². The average Bonchev–Trinajstić information content (AvgIpc) is 2.88. The van der Waals surface area contributed by atoms with Crippen molar-refractivity contribution in [3.8, 4) is 0 Å². The summed E-state index contributed by atoms with van der Waals surface area (Å²) in [5, 5.41) is 0. The Morgan fingerprint density at radius 3 is 2.42 bits per heavy atom. The molecular weight excluding hydrogens is 234 g/mol. The highest BCUT2D eigenvalue weighted by molar-refractivity contribution is 5.29. The largest absolute Gasteiger partial charge is 0.349 e. The molecule has 1 aromatic carbocycles. The molecule has 94 valence electrons. The van der Waals surface area contributed by atoms with Crippen LogP contribution in [0.5, 0.6) is 0 Å². The molecule has 0 amide bonds. The SMILES string of the molecule is CN1[C]N([C@H](c2ccccc2)c2ccccn2)C=C1. The van der Waals surface area contributed by atoms with Crippen LogP contribution in [0.2, 0.25) is 0 Å². The molecule has 0 spiro atoms. The second-order valence-corrected chi connectivity index (χ2v) is 4.48. The standard InChI is InChI=1S/C16H15N3/c1-18-11-12-19(13-18)16(14-7-3-2-4-8-14)15-9-5-6-10-17-15/h2-12,16H,1H3/t16-/m1/s1. The van der Waals surface area contributed by atoms with Gasteiger partial charge in [-0.05, 0) is 17.7 Å². The summed E-state index contributed by atoms with van der Waals surface area (Å²) in [6, 6.07) is 16.4. The molecule has 1 aliphatic rings. The van der Waals surface area contributed by atoms with Crippen molar-refractivity contribution >= 4 is 0 Å². The minimum atomic E-state index is 0.0589. The Kier molecular flexibility index (Phi) is 3.19. The van der Waals surface area contributed by atoms with Crippen molar-refractivity contribution in [3.63, 3.8) is 0 Å². The van der Waals surface area contributed by atoms with Crippen LogP contribution >= 0.6 is 0 Å². The number of rotatable bonds is 3. The van der Waals surface area contributed by atoms with E-state index in [4.69, 9.17) is 0 Å². The number of nitrogens with zero attached hydrogens (tertiary/aromatic N) is 3. The fourth-order valence-electron chi connectivity index (χ4n) is 2.21. The van der Waals surface area contributed by atoms with Crippen molar-refractivity contribution in [2.75, 3.05) is 7.05 Å². The first-order chi connectivity index (χ1) is 9.34. The lowest BCUT2D eigenvalue weighted by Gasteiger charge is -2.27. The molecule has 3 heteroatoms. The van der Waals surface area contributed by atoms with Gasteiger partial charge in [0.1, 0.15) is 0 Å². The Balaban J connectivity index is 1.99. The molecule has 0 aliphatic carbocycles. The van der Waals surface area contributed by atoms with Crippen LogP contribution in [0.15, 0.2) is 67.1 Å². The van der Waals surface area contributed by atoms with Crippen LogP contribution < -0.4 is 0 Å². The van der Waals surface area contributed by atoms with Crippen LogP contribution in [0.4, 0.5) is 0 Å². The summed E-state index contributed by atoms with van der Waals surface area (Å²) in [7, 11) is 1.97. The van der Waals surface area contributed by atoms with E-state index in [1.165, 1.54) is 5.56 Å². The zero-order valence-corrected chi connectivity index (χ0v) is 10.8. The first-order valence-electron chi connectivity index (χ1n) is 6.26. The topological polar surface area (TPSA) is 19.4 Å². The van der Waals surface area contributed by atoms with Gasteiger partial charge in [0.15, 0.2) is 0 Å². The lowest BCUT2D eigenvalue weighted by atomic mass is 10.0. The van der Waals surface area contributed by atoms with Gasteiger partial charge in [-0.2, -0.15) is 0 Å². The van der Waals surface area contributed by atoms with E-state index in [2.05, 4.69) is 40.8 Å². The van der Waals surface area contributed by atoms with Crippen molar-refractivity contribution in [1.29, 1.82) is 0 Å². The van der Waals surface area contributed by atoms with E-state index in [0.717, 1.165) is 5.69 Å². The maximum absolute atomic E-state index is 4.49. The van der Waals surface area contributed by atoms with E-state index in [1.54, 1.807) is 0 Å². The highest BCUT2D eigenvalue weighted by Crippen LogP contribution is 2.30. The normalized spacial score (nSPS) is 15.8. The van der Waals surface area contributed by atoms with Crippen LogP contribution in [0.25, 0.3) is 0 Å². The first kappa shape index (κ1) is 11.8. The number of hydrogen-bond acceptors (Lipinski definition) is 3. The van der Waals surface area contributed by atoms with Crippen LogP contribution in [0, 0.1) is 6.67 Å². The van der Waals surface area contributed by atoms with Gasteiger partial charge in [-0.1, -0.05) is 36.4 Å². The van der Waals surface area contributed by atoms with Gasteiger partial charge < -0.3 is 9.80 Å². The fraction of sp³-hybridized carbons (Fsp3) is 0.125. The third-order valence-electron chi connectivity index (χ3n) is 3.09. The second kappa shape index (κ2) is 5.14. The Hall–Kier alpha value is -2.29. The van der Waals surface area contributed by atoms with Gasteiger partial charge in [-0.3, -0.25) is 4.98 Å². The van der Waals surface area contributed by atoms with Gasteiger partial charge in [0, 0.05) is 25.6 Å². The summed E-state index contributed by atoms with van der Waals surface area (Å²) in [5.74, 6) is 0. The van der Waals surface area contributed by atoms with Gasteiger partial charge in [-0.15, -0.1) is 0 Å². The summed E-state index contributed by atoms with van der Waals surface area (Å²) in [4.78, 5) is 8.46. The van der Waals surface area contributed by atoms with Gasteiger partial charge in [0.2, 0.25) is 6.67 Å². The fourth-order valence-corrected chi connectivity index (χ4v) is 2.21. The average molecular weight is 249 g/mol. The second-order valence-electron chi connectivity index (χ2n) is 4.48. The zero-order chi connectivity index (χ0) is 13.1. The molecule has 0 fully saturated rings. The van der Waals surface area contributed by atoms with Crippen molar-refractivity contribution < 1.29 is 0 Å². The van der Waals surface area contributed by atoms with Crippen LogP contribution in [-0.4, -0.2) is 21.8 Å². The predicted octanol–water partition coefficient (Wildman–Crippen LogP) is 2.89. The molecule has 1 aliphatic heterocycles. The molecule has 2 heterocycles. The first-order valence-corrected chi connectivity index (χ1v) is 6.26. The molecule has 19 heavy (non-hydrogen) atoms. The van der Waals surface area contributed by atoms with Crippen LogP contribution in [-0.2, 0) is 0 Å². The van der Waals surface area contributed by atoms with Gasteiger partial charge in [-0.25, -0.2) is 0 Å². The quantitative estimate of drug-likeness (QED) is 0.833. The third kappa shape index (κ3) is 2.45. The monoisotopic (exact) mass is 249 g/mol. The summed E-state index contributed by atoms with van der Waals surface area (Å²) in [6.07, 6.45) is 5.83. The van der Waals surface area contributed by atoms with Crippen molar-refractivity contribution in [2.45, 2.75) is 6.04 Å². The molecular formula is C16H15N3. The summed E-state index contributed by atoms with van der Waals surface area (Å²) in [5.41, 5.74) is 2.22. The molecule has 0 unspecified atom stereocenters. The smallest absolute Gasteiger partial charge is 0.208 e.